The third-order valence-electron chi connectivity index (χ3n) is 2.36. The topological polar surface area (TPSA) is 58.6 Å². The normalized spacial score (nSPS) is 22.3. The highest BCUT2D eigenvalue weighted by Gasteiger charge is 2.29. The Labute approximate surface area is 83.4 Å². The summed E-state index contributed by atoms with van der Waals surface area (Å²) in [6, 6.07) is -0.406. The molecular formula is C9H16N2O3. The lowest BCUT2D eigenvalue weighted by molar-refractivity contribution is -0.146. The van der Waals surface area contributed by atoms with E-state index in [1.54, 1.807) is 4.90 Å². The summed E-state index contributed by atoms with van der Waals surface area (Å²) in [5, 5.41) is 3.01. The first kappa shape index (κ1) is 11.0. The Morgan fingerprint density at radius 2 is 2.43 bits per heavy atom. The standard InChI is InChI=1S/C9H16N2O3/c1-3-11-5-4-10-7(9(11)13)6-8(12)14-2/h7,10H,3-6H2,1-2H3/t7-/m1/s1. The van der Waals surface area contributed by atoms with Crippen molar-refractivity contribution in [1.82, 2.24) is 10.2 Å². The molecule has 1 aliphatic rings. The summed E-state index contributed by atoms with van der Waals surface area (Å²) in [5.74, 6) is -0.363. The molecule has 1 atom stereocenters. The number of rotatable bonds is 3. The maximum absolute atomic E-state index is 11.7. The molecule has 5 nitrogen and oxygen atoms in total. The van der Waals surface area contributed by atoms with Gasteiger partial charge in [-0.3, -0.25) is 9.59 Å². The molecule has 1 rings (SSSR count). The fourth-order valence-electron chi connectivity index (χ4n) is 1.52. The zero-order valence-corrected chi connectivity index (χ0v) is 8.58. The van der Waals surface area contributed by atoms with Crippen LogP contribution in [0.15, 0.2) is 0 Å². The van der Waals surface area contributed by atoms with Crippen LogP contribution >= 0.6 is 0 Å². The maximum atomic E-state index is 11.7. The molecule has 5 heteroatoms. The Morgan fingerprint density at radius 3 is 3.00 bits per heavy atom. The number of likely N-dealkylation sites (N-methyl/N-ethyl adjacent to an activating group) is 1. The van der Waals surface area contributed by atoms with Crippen molar-refractivity contribution in [3.63, 3.8) is 0 Å². The summed E-state index contributed by atoms with van der Waals surface area (Å²) < 4.78 is 4.52. The van der Waals surface area contributed by atoms with E-state index >= 15 is 0 Å². The number of nitrogens with zero attached hydrogens (tertiary/aromatic N) is 1. The molecule has 0 aromatic heterocycles. The van der Waals surface area contributed by atoms with Gasteiger partial charge >= 0.3 is 5.97 Å². The third-order valence-corrected chi connectivity index (χ3v) is 2.36. The van der Waals surface area contributed by atoms with E-state index in [0.717, 1.165) is 6.54 Å². The highest BCUT2D eigenvalue weighted by atomic mass is 16.5. The van der Waals surface area contributed by atoms with E-state index in [0.29, 0.717) is 13.1 Å². The molecule has 1 saturated heterocycles. The molecule has 1 aliphatic heterocycles. The molecule has 80 valence electrons. The van der Waals surface area contributed by atoms with Gasteiger partial charge < -0.3 is 15.0 Å². The Bertz CT molecular complexity index is 230. The smallest absolute Gasteiger partial charge is 0.307 e. The highest BCUT2D eigenvalue weighted by molar-refractivity contribution is 5.87. The van der Waals surface area contributed by atoms with Gasteiger partial charge in [0.25, 0.3) is 0 Å². The number of amides is 1. The molecular weight excluding hydrogens is 184 g/mol. The zero-order chi connectivity index (χ0) is 10.6. The van der Waals surface area contributed by atoms with Crippen molar-refractivity contribution >= 4 is 11.9 Å². The largest absolute Gasteiger partial charge is 0.469 e. The molecule has 0 aromatic rings. The molecule has 0 spiro atoms. The van der Waals surface area contributed by atoms with Gasteiger partial charge in [0.15, 0.2) is 0 Å². The number of ether oxygens (including phenoxy) is 1. The zero-order valence-electron chi connectivity index (χ0n) is 8.58. The van der Waals surface area contributed by atoms with E-state index in [2.05, 4.69) is 10.1 Å². The minimum absolute atomic E-state index is 0.0100. The van der Waals surface area contributed by atoms with E-state index in [-0.39, 0.29) is 18.3 Å². The molecule has 1 fully saturated rings. The fourth-order valence-corrected chi connectivity index (χ4v) is 1.52. The number of hydrogen-bond donors (Lipinski definition) is 1. The predicted molar refractivity (Wildman–Crippen MR) is 50.7 cm³/mol. The second-order valence-corrected chi connectivity index (χ2v) is 3.20. The first-order valence-electron chi connectivity index (χ1n) is 4.78. The van der Waals surface area contributed by atoms with Gasteiger partial charge in [0, 0.05) is 19.6 Å². The van der Waals surface area contributed by atoms with Crippen molar-refractivity contribution in [1.29, 1.82) is 0 Å². The van der Waals surface area contributed by atoms with E-state index in [1.807, 2.05) is 6.92 Å². The van der Waals surface area contributed by atoms with Crippen LogP contribution in [0.1, 0.15) is 13.3 Å². The lowest BCUT2D eigenvalue weighted by atomic mass is 10.1. The number of carbonyl (C=O) groups is 2. The van der Waals surface area contributed by atoms with Crippen molar-refractivity contribution in [3.05, 3.63) is 0 Å². The van der Waals surface area contributed by atoms with Gasteiger partial charge in [-0.15, -0.1) is 0 Å². The van der Waals surface area contributed by atoms with Crippen molar-refractivity contribution in [2.24, 2.45) is 0 Å². The number of piperazine rings is 1. The van der Waals surface area contributed by atoms with Crippen LogP contribution in [-0.2, 0) is 14.3 Å². The van der Waals surface area contributed by atoms with Crippen LogP contribution in [0.4, 0.5) is 0 Å². The number of esters is 1. The van der Waals surface area contributed by atoms with Crippen LogP contribution in [-0.4, -0.2) is 49.6 Å². The Kier molecular flexibility index (Phi) is 3.88. The third kappa shape index (κ3) is 2.45. The first-order chi connectivity index (χ1) is 6.69. The van der Waals surface area contributed by atoms with Gasteiger partial charge in [-0.05, 0) is 6.92 Å². The summed E-state index contributed by atoms with van der Waals surface area (Å²) in [7, 11) is 1.33. The molecule has 1 amide bonds. The van der Waals surface area contributed by atoms with Crippen LogP contribution in [0.3, 0.4) is 0 Å². The minimum Gasteiger partial charge on any atom is -0.469 e. The number of hydrogen-bond acceptors (Lipinski definition) is 4. The van der Waals surface area contributed by atoms with Crippen LogP contribution in [0.5, 0.6) is 0 Å². The summed E-state index contributed by atoms with van der Waals surface area (Å²) >= 11 is 0. The summed E-state index contributed by atoms with van der Waals surface area (Å²) in [6.07, 6.45) is 0.117. The van der Waals surface area contributed by atoms with Gasteiger partial charge in [-0.2, -0.15) is 0 Å². The van der Waals surface area contributed by atoms with Crippen LogP contribution in [0.25, 0.3) is 0 Å². The molecule has 0 aromatic carbocycles. The van der Waals surface area contributed by atoms with Crippen molar-refractivity contribution in [2.45, 2.75) is 19.4 Å². The molecule has 14 heavy (non-hydrogen) atoms. The monoisotopic (exact) mass is 200 g/mol. The first-order valence-corrected chi connectivity index (χ1v) is 4.78. The van der Waals surface area contributed by atoms with Gasteiger partial charge in [0.2, 0.25) is 5.91 Å². The average molecular weight is 200 g/mol. The van der Waals surface area contributed by atoms with Crippen LogP contribution in [0, 0.1) is 0 Å². The highest BCUT2D eigenvalue weighted by Crippen LogP contribution is 2.05. The van der Waals surface area contributed by atoms with Gasteiger partial charge in [-0.1, -0.05) is 0 Å². The maximum Gasteiger partial charge on any atom is 0.307 e. The van der Waals surface area contributed by atoms with Crippen molar-refractivity contribution in [3.8, 4) is 0 Å². The number of carbonyl (C=O) groups excluding carboxylic acids is 2. The second kappa shape index (κ2) is 4.95. The van der Waals surface area contributed by atoms with Crippen LogP contribution in [0.2, 0.25) is 0 Å². The molecule has 0 aliphatic carbocycles. The van der Waals surface area contributed by atoms with Gasteiger partial charge in [-0.25, -0.2) is 0 Å². The number of methoxy groups -OCH3 is 1. The SMILES string of the molecule is CCN1CCN[C@H](CC(=O)OC)C1=O. The average Bonchev–Trinajstić information content (AvgIpc) is 2.21. The molecule has 1 heterocycles. The Hall–Kier alpha value is -1.10. The number of nitrogens with one attached hydrogen (secondary N) is 1. The van der Waals surface area contributed by atoms with E-state index < -0.39 is 6.04 Å². The van der Waals surface area contributed by atoms with E-state index in [4.69, 9.17) is 0 Å². The van der Waals surface area contributed by atoms with E-state index in [9.17, 15) is 9.59 Å². The molecule has 0 saturated carbocycles. The quantitative estimate of drug-likeness (QED) is 0.616. The summed E-state index contributed by atoms with van der Waals surface area (Å²) in [5.41, 5.74) is 0. The summed E-state index contributed by atoms with van der Waals surface area (Å²) in [4.78, 5) is 24.4. The van der Waals surface area contributed by atoms with Gasteiger partial charge in [0.1, 0.15) is 0 Å². The van der Waals surface area contributed by atoms with Crippen LogP contribution < -0.4 is 5.32 Å². The molecule has 0 bridgehead atoms. The minimum atomic E-state index is -0.406. The van der Waals surface area contributed by atoms with Gasteiger partial charge in [0.05, 0.1) is 19.6 Å². The second-order valence-electron chi connectivity index (χ2n) is 3.20. The lowest BCUT2D eigenvalue weighted by Crippen LogP contribution is -2.55. The van der Waals surface area contributed by atoms with Crippen molar-refractivity contribution < 1.29 is 14.3 Å². The Balaban J connectivity index is 2.52. The molecule has 0 unspecified atom stereocenters. The Morgan fingerprint density at radius 1 is 1.71 bits per heavy atom. The van der Waals surface area contributed by atoms with E-state index in [1.165, 1.54) is 7.11 Å². The molecule has 0 radical (unpaired) electrons. The fraction of sp³-hybridized carbons (Fsp3) is 0.778. The van der Waals surface area contributed by atoms with Crippen molar-refractivity contribution in [2.75, 3.05) is 26.7 Å². The summed E-state index contributed by atoms with van der Waals surface area (Å²) in [6.45, 7) is 4.07. The molecule has 1 N–H and O–H groups in total. The predicted octanol–water partition coefficient (Wildman–Crippen LogP) is -0.630. The lowest BCUT2D eigenvalue weighted by Gasteiger charge is -2.31.